The SMILES string of the molecule is Cc1cccc([C]2CCCCCCCCC2)c1C. The normalized spacial score (nSPS) is 19.7. The molecule has 0 heterocycles. The van der Waals surface area contributed by atoms with Gasteiger partial charge in [-0.1, -0.05) is 63.1 Å². The molecule has 1 aliphatic rings. The lowest BCUT2D eigenvalue weighted by molar-refractivity contribution is 0.529. The Morgan fingerprint density at radius 2 is 1.28 bits per heavy atom. The summed E-state index contributed by atoms with van der Waals surface area (Å²) in [4.78, 5) is 0. The molecule has 2 rings (SSSR count). The highest BCUT2D eigenvalue weighted by Gasteiger charge is 2.15. The molecule has 0 unspecified atom stereocenters. The summed E-state index contributed by atoms with van der Waals surface area (Å²) < 4.78 is 0. The Balaban J connectivity index is 2.09. The van der Waals surface area contributed by atoms with Crippen LogP contribution in [0.2, 0.25) is 0 Å². The molecule has 0 spiro atoms. The van der Waals surface area contributed by atoms with Crippen molar-refractivity contribution in [1.82, 2.24) is 0 Å². The van der Waals surface area contributed by atoms with Gasteiger partial charge in [0.05, 0.1) is 0 Å². The third-order valence-corrected chi connectivity index (χ3v) is 4.44. The van der Waals surface area contributed by atoms with Crippen LogP contribution in [0.5, 0.6) is 0 Å². The van der Waals surface area contributed by atoms with Gasteiger partial charge in [0.2, 0.25) is 0 Å². The molecule has 0 aromatic heterocycles. The summed E-state index contributed by atoms with van der Waals surface area (Å²) in [6.07, 6.45) is 12.6. The van der Waals surface area contributed by atoms with Gasteiger partial charge in [-0.25, -0.2) is 0 Å². The lowest BCUT2D eigenvalue weighted by Gasteiger charge is -2.21. The molecule has 0 N–H and O–H groups in total. The molecule has 18 heavy (non-hydrogen) atoms. The number of hydrogen-bond acceptors (Lipinski definition) is 0. The van der Waals surface area contributed by atoms with Crippen molar-refractivity contribution in [3.63, 3.8) is 0 Å². The Kier molecular flexibility index (Phi) is 5.28. The Labute approximate surface area is 113 Å². The van der Waals surface area contributed by atoms with Crippen molar-refractivity contribution in [2.24, 2.45) is 0 Å². The van der Waals surface area contributed by atoms with Crippen LogP contribution in [0.3, 0.4) is 0 Å². The van der Waals surface area contributed by atoms with Crippen LogP contribution < -0.4 is 0 Å². The molecular weight excluding hydrogens is 216 g/mol. The van der Waals surface area contributed by atoms with Crippen LogP contribution in [0, 0.1) is 19.8 Å². The van der Waals surface area contributed by atoms with E-state index in [1.54, 1.807) is 11.5 Å². The first-order chi connectivity index (χ1) is 8.79. The fourth-order valence-corrected chi connectivity index (χ4v) is 3.09. The van der Waals surface area contributed by atoms with E-state index in [-0.39, 0.29) is 0 Å². The largest absolute Gasteiger partial charge is 0.0617 e. The van der Waals surface area contributed by atoms with Gasteiger partial charge in [-0.3, -0.25) is 0 Å². The second kappa shape index (κ2) is 6.97. The van der Waals surface area contributed by atoms with Gasteiger partial charge in [0.25, 0.3) is 0 Å². The van der Waals surface area contributed by atoms with Crippen molar-refractivity contribution in [3.8, 4) is 0 Å². The first kappa shape index (κ1) is 13.6. The Bertz CT molecular complexity index is 354. The maximum absolute atomic E-state index is 2.34. The standard InChI is InChI=1S/C18H27/c1-15-11-10-14-18(16(15)2)17-12-8-6-4-3-5-7-9-13-17/h10-11,14H,3-9,12-13H2,1-2H3. The summed E-state index contributed by atoms with van der Waals surface area (Å²) in [6, 6.07) is 6.80. The molecule has 1 aromatic carbocycles. The maximum Gasteiger partial charge on any atom is 0.00526 e. The van der Waals surface area contributed by atoms with Crippen LogP contribution in [-0.4, -0.2) is 0 Å². The highest BCUT2D eigenvalue weighted by molar-refractivity contribution is 5.42. The molecule has 0 saturated heterocycles. The van der Waals surface area contributed by atoms with Gasteiger partial charge in [-0.2, -0.15) is 0 Å². The van der Waals surface area contributed by atoms with Crippen LogP contribution in [0.4, 0.5) is 0 Å². The quantitative estimate of drug-likeness (QED) is 0.589. The van der Waals surface area contributed by atoms with Crippen molar-refractivity contribution in [1.29, 1.82) is 0 Å². The first-order valence-electron chi connectivity index (χ1n) is 7.70. The van der Waals surface area contributed by atoms with E-state index in [9.17, 15) is 0 Å². The highest BCUT2D eigenvalue weighted by atomic mass is 14.2. The number of rotatable bonds is 1. The zero-order chi connectivity index (χ0) is 12.8. The van der Waals surface area contributed by atoms with Gasteiger partial charge in [-0.15, -0.1) is 0 Å². The Morgan fingerprint density at radius 1 is 0.722 bits per heavy atom. The van der Waals surface area contributed by atoms with E-state index >= 15 is 0 Å². The maximum atomic E-state index is 2.34. The third-order valence-electron chi connectivity index (χ3n) is 4.44. The minimum atomic E-state index is 1.32. The van der Waals surface area contributed by atoms with Crippen LogP contribution in [0.25, 0.3) is 0 Å². The minimum absolute atomic E-state index is 1.32. The molecule has 0 nitrogen and oxygen atoms in total. The van der Waals surface area contributed by atoms with E-state index in [0.29, 0.717) is 0 Å². The molecule has 1 aromatic rings. The predicted molar refractivity (Wildman–Crippen MR) is 79.8 cm³/mol. The van der Waals surface area contributed by atoms with E-state index < -0.39 is 0 Å². The lowest BCUT2D eigenvalue weighted by atomic mass is 9.84. The van der Waals surface area contributed by atoms with Crippen molar-refractivity contribution in [2.75, 3.05) is 0 Å². The fourth-order valence-electron chi connectivity index (χ4n) is 3.09. The summed E-state index contributed by atoms with van der Waals surface area (Å²) in [7, 11) is 0. The summed E-state index contributed by atoms with van der Waals surface area (Å²) in [6.45, 7) is 4.52. The van der Waals surface area contributed by atoms with E-state index in [4.69, 9.17) is 0 Å². The molecule has 0 amide bonds. The van der Waals surface area contributed by atoms with Crippen molar-refractivity contribution >= 4 is 0 Å². The molecule has 0 aliphatic heterocycles. The van der Waals surface area contributed by atoms with Crippen LogP contribution in [0.1, 0.15) is 74.5 Å². The third kappa shape index (κ3) is 3.60. The van der Waals surface area contributed by atoms with E-state index in [1.165, 1.54) is 68.9 Å². The fraction of sp³-hybridized carbons (Fsp3) is 0.611. The van der Waals surface area contributed by atoms with Gasteiger partial charge < -0.3 is 0 Å². The predicted octanol–water partition coefficient (Wildman–Crippen LogP) is 5.75. The monoisotopic (exact) mass is 243 g/mol. The van der Waals surface area contributed by atoms with Crippen LogP contribution >= 0.6 is 0 Å². The van der Waals surface area contributed by atoms with Gasteiger partial charge in [0.1, 0.15) is 0 Å². The average molecular weight is 243 g/mol. The molecule has 1 fully saturated rings. The first-order valence-corrected chi connectivity index (χ1v) is 7.70. The molecule has 1 aliphatic carbocycles. The smallest absolute Gasteiger partial charge is 0.00526 e. The van der Waals surface area contributed by atoms with E-state index in [1.807, 2.05) is 0 Å². The summed E-state index contributed by atoms with van der Waals surface area (Å²) in [5.74, 6) is 1.72. The molecule has 0 heteroatoms. The molecule has 1 saturated carbocycles. The van der Waals surface area contributed by atoms with Crippen molar-refractivity contribution < 1.29 is 0 Å². The van der Waals surface area contributed by atoms with E-state index in [2.05, 4.69) is 32.0 Å². The zero-order valence-electron chi connectivity index (χ0n) is 12.1. The molecule has 1 radical (unpaired) electrons. The average Bonchev–Trinajstić information content (AvgIpc) is 2.39. The number of aryl methyl sites for hydroxylation is 1. The minimum Gasteiger partial charge on any atom is -0.0617 e. The molecule has 0 bridgehead atoms. The van der Waals surface area contributed by atoms with Gasteiger partial charge in [0.15, 0.2) is 0 Å². The highest BCUT2D eigenvalue weighted by Crippen LogP contribution is 2.31. The molecule has 99 valence electrons. The molecular formula is C18H27. The zero-order valence-corrected chi connectivity index (χ0v) is 12.1. The van der Waals surface area contributed by atoms with Crippen molar-refractivity contribution in [2.45, 2.75) is 71.6 Å². The van der Waals surface area contributed by atoms with Crippen molar-refractivity contribution in [3.05, 3.63) is 40.8 Å². The van der Waals surface area contributed by atoms with E-state index in [0.717, 1.165) is 0 Å². The number of benzene rings is 1. The van der Waals surface area contributed by atoms with Crippen LogP contribution in [-0.2, 0) is 0 Å². The van der Waals surface area contributed by atoms with Crippen LogP contribution in [0.15, 0.2) is 18.2 Å². The molecule has 0 atom stereocenters. The summed E-state index contributed by atoms with van der Waals surface area (Å²) >= 11 is 0. The Morgan fingerprint density at radius 3 is 1.89 bits per heavy atom. The lowest BCUT2D eigenvalue weighted by Crippen LogP contribution is -2.05. The van der Waals surface area contributed by atoms with Gasteiger partial charge in [-0.05, 0) is 43.4 Å². The number of hydrogen-bond donors (Lipinski definition) is 0. The second-order valence-corrected chi connectivity index (χ2v) is 5.83. The summed E-state index contributed by atoms with van der Waals surface area (Å²) in [5.41, 5.74) is 4.50. The second-order valence-electron chi connectivity index (χ2n) is 5.83. The van der Waals surface area contributed by atoms with Gasteiger partial charge in [0, 0.05) is 5.92 Å². The summed E-state index contributed by atoms with van der Waals surface area (Å²) in [5, 5.41) is 0. The topological polar surface area (TPSA) is 0 Å². The van der Waals surface area contributed by atoms with Gasteiger partial charge >= 0.3 is 0 Å². The Hall–Kier alpha value is -0.780.